The van der Waals surface area contributed by atoms with Gasteiger partial charge in [0, 0.05) is 5.33 Å². The molecule has 1 heteroatoms. The number of alkyl halides is 1. The van der Waals surface area contributed by atoms with Crippen LogP contribution in [0, 0.1) is 6.92 Å². The Bertz CT molecular complexity index is 194. The van der Waals surface area contributed by atoms with E-state index in [0.29, 0.717) is 0 Å². The van der Waals surface area contributed by atoms with Crippen molar-refractivity contribution in [3.63, 3.8) is 0 Å². The molecule has 1 aromatic carbocycles. The third-order valence-corrected chi connectivity index (χ3v) is 1.87. The first kappa shape index (κ1) is 6.81. The van der Waals surface area contributed by atoms with E-state index in [4.69, 9.17) is 0 Å². The molecule has 0 nitrogen and oxygen atoms in total. The zero-order valence-corrected chi connectivity index (χ0v) is 6.69. The van der Waals surface area contributed by atoms with Gasteiger partial charge in [0.25, 0.3) is 0 Å². The van der Waals surface area contributed by atoms with Crippen LogP contribution in [-0.4, -0.2) is 0 Å². The lowest BCUT2D eigenvalue weighted by molar-refractivity contribution is 1.39. The number of hydrogen-bond donors (Lipinski definition) is 0. The minimum absolute atomic E-state index is 0.896. The smallest absolute Gasteiger partial charge is 0.0285 e. The third kappa shape index (κ3) is 1.55. The number of halogens is 1. The molecule has 0 unspecified atom stereocenters. The topological polar surface area (TPSA) is 0 Å². The minimum atomic E-state index is 0.896. The van der Waals surface area contributed by atoms with Crippen LogP contribution in [0.4, 0.5) is 0 Å². The Morgan fingerprint density at radius 1 is 1.33 bits per heavy atom. The molecule has 0 aliphatic heterocycles. The Kier molecular flexibility index (Phi) is 2.29. The van der Waals surface area contributed by atoms with Gasteiger partial charge in [-0.25, -0.2) is 0 Å². The number of hydrogen-bond acceptors (Lipinski definition) is 0. The highest BCUT2D eigenvalue weighted by atomic mass is 79.9. The van der Waals surface area contributed by atoms with Crippen molar-refractivity contribution in [3.8, 4) is 0 Å². The quantitative estimate of drug-likeness (QED) is 0.588. The molecule has 1 radical (unpaired) electrons. The van der Waals surface area contributed by atoms with Gasteiger partial charge < -0.3 is 0 Å². The van der Waals surface area contributed by atoms with Gasteiger partial charge in [-0.15, -0.1) is 0 Å². The average molecular weight is 184 g/mol. The van der Waals surface area contributed by atoms with Gasteiger partial charge in [0.2, 0.25) is 0 Å². The molecule has 0 aromatic heterocycles. The molecule has 0 N–H and O–H groups in total. The van der Waals surface area contributed by atoms with Crippen molar-refractivity contribution < 1.29 is 0 Å². The zero-order valence-electron chi connectivity index (χ0n) is 5.10. The van der Waals surface area contributed by atoms with Crippen LogP contribution >= 0.6 is 15.9 Å². The van der Waals surface area contributed by atoms with E-state index in [-0.39, 0.29) is 0 Å². The van der Waals surface area contributed by atoms with Gasteiger partial charge in [-0.2, -0.15) is 0 Å². The first-order valence-electron chi connectivity index (χ1n) is 2.80. The molecule has 0 atom stereocenters. The van der Waals surface area contributed by atoms with Crippen molar-refractivity contribution >= 4 is 15.9 Å². The fourth-order valence-electron chi connectivity index (χ4n) is 0.688. The molecule has 0 fully saturated rings. The van der Waals surface area contributed by atoms with E-state index < -0.39 is 0 Å². The first-order valence-corrected chi connectivity index (χ1v) is 3.92. The van der Waals surface area contributed by atoms with E-state index in [0.717, 1.165) is 10.9 Å². The van der Waals surface area contributed by atoms with E-state index >= 15 is 0 Å². The largest absolute Gasteiger partial charge is 0.0876 e. The van der Waals surface area contributed by atoms with Crippen LogP contribution in [0.15, 0.2) is 24.3 Å². The van der Waals surface area contributed by atoms with Crippen LogP contribution in [0.1, 0.15) is 11.1 Å². The lowest BCUT2D eigenvalue weighted by Crippen LogP contribution is -1.80. The molecule has 47 valence electrons. The molecule has 0 aliphatic rings. The van der Waals surface area contributed by atoms with Crippen molar-refractivity contribution in [1.29, 1.82) is 0 Å². The maximum Gasteiger partial charge on any atom is 0.0285 e. The van der Waals surface area contributed by atoms with Gasteiger partial charge >= 0.3 is 0 Å². The van der Waals surface area contributed by atoms with Gasteiger partial charge in [0.15, 0.2) is 0 Å². The molecule has 1 aromatic rings. The number of benzene rings is 1. The van der Waals surface area contributed by atoms with Gasteiger partial charge in [0.1, 0.15) is 0 Å². The van der Waals surface area contributed by atoms with Crippen molar-refractivity contribution in [2.45, 2.75) is 5.33 Å². The molecule has 0 aliphatic carbocycles. The standard InChI is InChI=1S/C8H8Br/c1-7-4-2-3-5-8(7)6-9/h2-5H,1,6H2. The summed E-state index contributed by atoms with van der Waals surface area (Å²) in [7, 11) is 0. The summed E-state index contributed by atoms with van der Waals surface area (Å²) in [6.45, 7) is 3.86. The minimum Gasteiger partial charge on any atom is -0.0876 e. The molecule has 0 saturated carbocycles. The van der Waals surface area contributed by atoms with Gasteiger partial charge in [-0.3, -0.25) is 0 Å². The summed E-state index contributed by atoms with van der Waals surface area (Å²) in [6, 6.07) is 8.09. The molecule has 0 spiro atoms. The molecule has 0 saturated heterocycles. The van der Waals surface area contributed by atoms with Crippen LogP contribution in [0.3, 0.4) is 0 Å². The van der Waals surface area contributed by atoms with Crippen LogP contribution in [0.25, 0.3) is 0 Å². The SMILES string of the molecule is [CH2]c1ccccc1CBr. The fraction of sp³-hybridized carbons (Fsp3) is 0.125. The van der Waals surface area contributed by atoms with E-state index in [1.54, 1.807) is 0 Å². The van der Waals surface area contributed by atoms with E-state index in [2.05, 4.69) is 28.9 Å². The second-order valence-corrected chi connectivity index (χ2v) is 2.46. The molecular weight excluding hydrogens is 176 g/mol. The predicted molar refractivity (Wildman–Crippen MR) is 43.5 cm³/mol. The van der Waals surface area contributed by atoms with Crippen LogP contribution in [0.5, 0.6) is 0 Å². The lowest BCUT2D eigenvalue weighted by Gasteiger charge is -1.97. The molecule has 9 heavy (non-hydrogen) atoms. The summed E-state index contributed by atoms with van der Waals surface area (Å²) >= 11 is 3.37. The summed E-state index contributed by atoms with van der Waals surface area (Å²) in [5, 5.41) is 0.896. The van der Waals surface area contributed by atoms with Crippen molar-refractivity contribution in [1.82, 2.24) is 0 Å². The van der Waals surface area contributed by atoms with Crippen molar-refractivity contribution in [2.24, 2.45) is 0 Å². The third-order valence-electron chi connectivity index (χ3n) is 1.26. The zero-order chi connectivity index (χ0) is 6.69. The van der Waals surface area contributed by atoms with E-state index in [1.165, 1.54) is 5.56 Å². The fourth-order valence-corrected chi connectivity index (χ4v) is 1.23. The molecule has 0 amide bonds. The molecule has 0 bridgehead atoms. The van der Waals surface area contributed by atoms with Crippen molar-refractivity contribution in [3.05, 3.63) is 42.3 Å². The average Bonchev–Trinajstić information content (AvgIpc) is 1.89. The maximum absolute atomic E-state index is 3.86. The Labute approximate surface area is 64.0 Å². The van der Waals surface area contributed by atoms with Crippen LogP contribution < -0.4 is 0 Å². The lowest BCUT2D eigenvalue weighted by atomic mass is 10.1. The summed E-state index contributed by atoms with van der Waals surface area (Å²) in [6.07, 6.45) is 0. The molecule has 0 heterocycles. The van der Waals surface area contributed by atoms with Crippen LogP contribution in [0.2, 0.25) is 0 Å². The first-order chi connectivity index (χ1) is 4.34. The Morgan fingerprint density at radius 2 is 2.00 bits per heavy atom. The molecule has 1 rings (SSSR count). The van der Waals surface area contributed by atoms with E-state index in [1.807, 2.05) is 18.2 Å². The highest BCUT2D eigenvalue weighted by Crippen LogP contribution is 2.09. The Balaban J connectivity index is 3.01. The van der Waals surface area contributed by atoms with Gasteiger partial charge in [-0.1, -0.05) is 40.2 Å². The summed E-state index contributed by atoms with van der Waals surface area (Å²) in [5.74, 6) is 0. The highest BCUT2D eigenvalue weighted by molar-refractivity contribution is 9.08. The second kappa shape index (κ2) is 3.02. The van der Waals surface area contributed by atoms with Crippen LogP contribution in [-0.2, 0) is 5.33 Å². The van der Waals surface area contributed by atoms with Gasteiger partial charge in [-0.05, 0) is 18.1 Å². The summed E-state index contributed by atoms with van der Waals surface area (Å²) in [4.78, 5) is 0. The van der Waals surface area contributed by atoms with E-state index in [9.17, 15) is 0 Å². The predicted octanol–water partition coefficient (Wildman–Crippen LogP) is 2.76. The maximum atomic E-state index is 3.86. The second-order valence-electron chi connectivity index (χ2n) is 1.90. The van der Waals surface area contributed by atoms with Crippen molar-refractivity contribution in [2.75, 3.05) is 0 Å². The van der Waals surface area contributed by atoms with Gasteiger partial charge in [0.05, 0.1) is 0 Å². The Hall–Kier alpha value is -0.300. The molecular formula is C8H8Br. The normalized spacial score (nSPS) is 9.56. The number of rotatable bonds is 1. The Morgan fingerprint density at radius 3 is 2.44 bits per heavy atom. The monoisotopic (exact) mass is 183 g/mol. The highest BCUT2D eigenvalue weighted by Gasteiger charge is 1.90. The summed E-state index contributed by atoms with van der Waals surface area (Å²) in [5.41, 5.74) is 2.37. The summed E-state index contributed by atoms with van der Waals surface area (Å²) < 4.78 is 0.